The van der Waals surface area contributed by atoms with Gasteiger partial charge in [-0.3, -0.25) is 4.98 Å². The lowest BCUT2D eigenvalue weighted by molar-refractivity contribution is 0.655. The van der Waals surface area contributed by atoms with Crippen LogP contribution in [0.2, 0.25) is 5.02 Å². The average molecular weight is 300 g/mol. The molecule has 0 saturated heterocycles. The summed E-state index contributed by atoms with van der Waals surface area (Å²) in [5.41, 5.74) is 9.51. The van der Waals surface area contributed by atoms with E-state index in [1.807, 2.05) is 41.1 Å². The van der Waals surface area contributed by atoms with Gasteiger partial charge in [-0.15, -0.1) is 5.10 Å². The van der Waals surface area contributed by atoms with Crippen molar-refractivity contribution >= 4 is 11.6 Å². The lowest BCUT2D eigenvalue weighted by atomic mass is 10.1. The van der Waals surface area contributed by atoms with Crippen LogP contribution in [0.4, 0.5) is 0 Å². The van der Waals surface area contributed by atoms with Crippen LogP contribution in [0.15, 0.2) is 48.8 Å². The van der Waals surface area contributed by atoms with Crippen LogP contribution >= 0.6 is 11.6 Å². The van der Waals surface area contributed by atoms with Crippen molar-refractivity contribution in [1.29, 1.82) is 0 Å². The molecule has 106 valence electrons. The minimum absolute atomic E-state index is 0.340. The summed E-state index contributed by atoms with van der Waals surface area (Å²) in [4.78, 5) is 4.04. The van der Waals surface area contributed by atoms with Gasteiger partial charge in [0.2, 0.25) is 0 Å². The molecule has 21 heavy (non-hydrogen) atoms. The van der Waals surface area contributed by atoms with Crippen molar-refractivity contribution in [3.63, 3.8) is 0 Å². The van der Waals surface area contributed by atoms with Crippen LogP contribution in [0.1, 0.15) is 11.3 Å². The van der Waals surface area contributed by atoms with E-state index in [-0.39, 0.29) is 0 Å². The molecular weight excluding hydrogens is 286 g/mol. The van der Waals surface area contributed by atoms with Gasteiger partial charge in [0, 0.05) is 29.5 Å². The largest absolute Gasteiger partial charge is 0.325 e. The van der Waals surface area contributed by atoms with Gasteiger partial charge in [-0.25, -0.2) is 4.68 Å². The summed E-state index contributed by atoms with van der Waals surface area (Å²) < 4.78 is 1.84. The highest BCUT2D eigenvalue weighted by molar-refractivity contribution is 6.30. The zero-order valence-electron chi connectivity index (χ0n) is 11.3. The molecule has 2 N–H and O–H groups in total. The van der Waals surface area contributed by atoms with Gasteiger partial charge in [0.25, 0.3) is 0 Å². The molecule has 0 amide bonds. The molecule has 3 aromatic rings. The zero-order chi connectivity index (χ0) is 14.7. The van der Waals surface area contributed by atoms with Crippen molar-refractivity contribution in [2.45, 2.75) is 13.1 Å². The summed E-state index contributed by atoms with van der Waals surface area (Å²) in [7, 11) is 0. The molecule has 0 fully saturated rings. The zero-order valence-corrected chi connectivity index (χ0v) is 12.0. The number of benzene rings is 1. The Kier molecular flexibility index (Phi) is 3.94. The Balaban J connectivity index is 2.02. The Morgan fingerprint density at radius 3 is 2.67 bits per heavy atom. The Hall–Kier alpha value is -2.24. The predicted octanol–water partition coefficient (Wildman–Crippen LogP) is 2.50. The Labute approximate surface area is 127 Å². The highest BCUT2D eigenvalue weighted by Crippen LogP contribution is 2.22. The van der Waals surface area contributed by atoms with E-state index >= 15 is 0 Å². The number of nitrogens with two attached hydrogens (primary N) is 1. The minimum atomic E-state index is 0.340. The number of hydrogen-bond donors (Lipinski definition) is 1. The lowest BCUT2D eigenvalue weighted by Gasteiger charge is -2.08. The van der Waals surface area contributed by atoms with E-state index in [4.69, 9.17) is 17.3 Å². The molecule has 0 aliphatic carbocycles. The maximum Gasteiger partial charge on any atom is 0.104 e. The predicted molar refractivity (Wildman–Crippen MR) is 81.7 cm³/mol. The minimum Gasteiger partial charge on any atom is -0.325 e. The molecule has 2 heterocycles. The Morgan fingerprint density at radius 1 is 1.14 bits per heavy atom. The van der Waals surface area contributed by atoms with Gasteiger partial charge in [-0.1, -0.05) is 28.9 Å². The van der Waals surface area contributed by atoms with Crippen LogP contribution in [0, 0.1) is 0 Å². The van der Waals surface area contributed by atoms with Gasteiger partial charge in [-0.2, -0.15) is 0 Å². The van der Waals surface area contributed by atoms with E-state index in [1.54, 1.807) is 12.4 Å². The normalized spacial score (nSPS) is 10.8. The fraction of sp³-hybridized carbons (Fsp3) is 0.133. The first-order chi connectivity index (χ1) is 10.3. The fourth-order valence-corrected chi connectivity index (χ4v) is 2.44. The van der Waals surface area contributed by atoms with Crippen LogP contribution in [-0.2, 0) is 13.1 Å². The highest BCUT2D eigenvalue weighted by atomic mass is 35.5. The molecule has 3 rings (SSSR count). The van der Waals surface area contributed by atoms with Crippen LogP contribution in [0.3, 0.4) is 0 Å². The van der Waals surface area contributed by atoms with Crippen molar-refractivity contribution in [2.75, 3.05) is 0 Å². The highest BCUT2D eigenvalue weighted by Gasteiger charge is 2.14. The molecule has 0 aliphatic heterocycles. The first-order valence-corrected chi connectivity index (χ1v) is 6.93. The van der Waals surface area contributed by atoms with Gasteiger partial charge < -0.3 is 5.73 Å². The lowest BCUT2D eigenvalue weighted by Crippen LogP contribution is -2.05. The number of pyridine rings is 1. The monoisotopic (exact) mass is 299 g/mol. The van der Waals surface area contributed by atoms with E-state index < -0.39 is 0 Å². The second-order valence-corrected chi connectivity index (χ2v) is 5.05. The molecule has 0 bridgehead atoms. The van der Waals surface area contributed by atoms with E-state index in [0.29, 0.717) is 18.1 Å². The van der Waals surface area contributed by atoms with Gasteiger partial charge in [0.15, 0.2) is 0 Å². The summed E-state index contributed by atoms with van der Waals surface area (Å²) in [6.45, 7) is 0.929. The third-order valence-corrected chi connectivity index (χ3v) is 3.41. The van der Waals surface area contributed by atoms with E-state index in [0.717, 1.165) is 22.5 Å². The summed E-state index contributed by atoms with van der Waals surface area (Å²) in [5, 5.41) is 9.08. The van der Waals surface area contributed by atoms with Gasteiger partial charge in [-0.05, 0) is 29.8 Å². The molecule has 0 spiro atoms. The van der Waals surface area contributed by atoms with Crippen molar-refractivity contribution in [2.24, 2.45) is 5.73 Å². The van der Waals surface area contributed by atoms with Crippen LogP contribution in [0.25, 0.3) is 11.3 Å². The number of halogens is 1. The summed E-state index contributed by atoms with van der Waals surface area (Å²) in [6.07, 6.45) is 3.48. The third-order valence-electron chi connectivity index (χ3n) is 3.17. The molecule has 0 radical (unpaired) electrons. The quantitative estimate of drug-likeness (QED) is 0.803. The molecule has 5 nitrogen and oxygen atoms in total. The van der Waals surface area contributed by atoms with Gasteiger partial charge in [0.05, 0.1) is 12.2 Å². The number of aromatic nitrogens is 4. The van der Waals surface area contributed by atoms with Crippen molar-refractivity contribution in [1.82, 2.24) is 20.0 Å². The molecular formula is C15H14ClN5. The van der Waals surface area contributed by atoms with E-state index in [2.05, 4.69) is 15.3 Å². The molecule has 6 heteroatoms. The third kappa shape index (κ3) is 2.94. The summed E-state index contributed by atoms with van der Waals surface area (Å²) in [6, 6.07) is 11.5. The van der Waals surface area contributed by atoms with Crippen LogP contribution in [0.5, 0.6) is 0 Å². The topological polar surface area (TPSA) is 69.6 Å². The SMILES string of the molecule is NCc1nnn(Cc2cccc(Cl)c2)c1-c1ccncc1. The molecule has 0 unspecified atom stereocenters. The maximum atomic E-state index is 6.03. The first-order valence-electron chi connectivity index (χ1n) is 6.55. The fourth-order valence-electron chi connectivity index (χ4n) is 2.23. The number of rotatable bonds is 4. The smallest absolute Gasteiger partial charge is 0.104 e. The number of nitrogens with zero attached hydrogens (tertiary/aromatic N) is 4. The first kappa shape index (κ1) is 13.7. The Bertz CT molecular complexity index is 739. The standard InChI is InChI=1S/C15H14ClN5/c16-13-3-1-2-11(8-13)10-21-15(14(9-17)19-20-21)12-4-6-18-7-5-12/h1-8H,9-10,17H2. The van der Waals surface area contributed by atoms with E-state index in [9.17, 15) is 0 Å². The maximum absolute atomic E-state index is 6.03. The summed E-state index contributed by atoms with van der Waals surface area (Å²) in [5.74, 6) is 0. The molecule has 1 aromatic carbocycles. The molecule has 2 aromatic heterocycles. The van der Waals surface area contributed by atoms with Crippen molar-refractivity contribution < 1.29 is 0 Å². The second kappa shape index (κ2) is 6.03. The second-order valence-electron chi connectivity index (χ2n) is 4.61. The van der Waals surface area contributed by atoms with Gasteiger partial charge in [0.1, 0.15) is 5.69 Å². The van der Waals surface area contributed by atoms with Crippen molar-refractivity contribution in [3.8, 4) is 11.3 Å². The molecule has 0 atom stereocenters. The summed E-state index contributed by atoms with van der Waals surface area (Å²) >= 11 is 6.03. The van der Waals surface area contributed by atoms with Crippen LogP contribution in [-0.4, -0.2) is 20.0 Å². The number of hydrogen-bond acceptors (Lipinski definition) is 4. The van der Waals surface area contributed by atoms with E-state index in [1.165, 1.54) is 0 Å². The average Bonchev–Trinajstić information content (AvgIpc) is 2.91. The van der Waals surface area contributed by atoms with Gasteiger partial charge >= 0.3 is 0 Å². The molecule has 0 aliphatic rings. The van der Waals surface area contributed by atoms with Crippen molar-refractivity contribution in [3.05, 3.63) is 65.1 Å². The molecule has 0 saturated carbocycles. The Morgan fingerprint density at radius 2 is 1.95 bits per heavy atom. The van der Waals surface area contributed by atoms with Crippen LogP contribution < -0.4 is 5.73 Å².